The number of phenolic OH excluding ortho intramolecular Hbond substituents is 1. The van der Waals surface area contributed by atoms with Crippen molar-refractivity contribution in [2.75, 3.05) is 7.05 Å². The van der Waals surface area contributed by atoms with Gasteiger partial charge >= 0.3 is 0 Å². The third-order valence-electron chi connectivity index (χ3n) is 1.48. The normalized spacial score (nSPS) is 10.2. The number of nitrogens with one attached hydrogen (secondary N) is 1. The number of benzene rings is 1. The van der Waals surface area contributed by atoms with Crippen LogP contribution >= 0.6 is 15.9 Å². The molecule has 0 saturated carbocycles. The van der Waals surface area contributed by atoms with Crippen LogP contribution in [-0.2, 0) is 6.54 Å². The van der Waals surface area contributed by atoms with Crippen molar-refractivity contribution in [2.24, 2.45) is 0 Å². The third-order valence-corrected chi connectivity index (χ3v) is 2.12. The predicted molar refractivity (Wildman–Crippen MR) is 48.5 cm³/mol. The largest absolute Gasteiger partial charge is 0.507 e. The molecule has 1 aromatic rings. The monoisotopic (exact) mass is 233 g/mol. The smallest absolute Gasteiger partial charge is 0.132 e. The molecule has 0 bridgehead atoms. The van der Waals surface area contributed by atoms with Crippen LogP contribution in [0, 0.1) is 5.82 Å². The van der Waals surface area contributed by atoms with E-state index in [1.165, 1.54) is 0 Å². The molecule has 2 N–H and O–H groups in total. The molecule has 0 aliphatic heterocycles. The molecule has 0 amide bonds. The first-order valence-electron chi connectivity index (χ1n) is 3.46. The zero-order valence-corrected chi connectivity index (χ0v) is 8.15. The SMILES string of the molecule is CNCc1cc(Br)c(O)cc1F. The minimum absolute atomic E-state index is 0.0765. The maximum absolute atomic E-state index is 13.0. The van der Waals surface area contributed by atoms with Gasteiger partial charge in [-0.2, -0.15) is 0 Å². The molecule has 0 atom stereocenters. The Morgan fingerprint density at radius 2 is 2.25 bits per heavy atom. The highest BCUT2D eigenvalue weighted by atomic mass is 79.9. The van der Waals surface area contributed by atoms with E-state index in [9.17, 15) is 4.39 Å². The summed E-state index contributed by atoms with van der Waals surface area (Å²) in [5, 5.41) is 11.9. The van der Waals surface area contributed by atoms with Gasteiger partial charge in [0.1, 0.15) is 11.6 Å². The summed E-state index contributed by atoms with van der Waals surface area (Å²) in [7, 11) is 1.74. The van der Waals surface area contributed by atoms with E-state index < -0.39 is 5.82 Å². The van der Waals surface area contributed by atoms with E-state index in [2.05, 4.69) is 21.2 Å². The van der Waals surface area contributed by atoms with Crippen molar-refractivity contribution in [3.8, 4) is 5.75 Å². The minimum Gasteiger partial charge on any atom is -0.507 e. The van der Waals surface area contributed by atoms with Crippen molar-refractivity contribution in [3.63, 3.8) is 0 Å². The highest BCUT2D eigenvalue weighted by Gasteiger charge is 2.05. The van der Waals surface area contributed by atoms with Crippen molar-refractivity contribution in [2.45, 2.75) is 6.54 Å². The van der Waals surface area contributed by atoms with E-state index in [-0.39, 0.29) is 5.75 Å². The van der Waals surface area contributed by atoms with Gasteiger partial charge in [0.25, 0.3) is 0 Å². The lowest BCUT2D eigenvalue weighted by Gasteiger charge is -2.04. The summed E-state index contributed by atoms with van der Waals surface area (Å²) in [6.45, 7) is 0.449. The zero-order valence-electron chi connectivity index (χ0n) is 6.56. The summed E-state index contributed by atoms with van der Waals surface area (Å²) in [4.78, 5) is 0. The van der Waals surface area contributed by atoms with Crippen LogP contribution in [0.1, 0.15) is 5.56 Å². The summed E-state index contributed by atoms with van der Waals surface area (Å²) in [6, 6.07) is 2.65. The Labute approximate surface area is 78.5 Å². The predicted octanol–water partition coefficient (Wildman–Crippen LogP) is 2.01. The van der Waals surface area contributed by atoms with Gasteiger partial charge in [0.15, 0.2) is 0 Å². The molecule has 0 aliphatic rings. The molecule has 0 saturated heterocycles. The molecule has 0 spiro atoms. The lowest BCUT2D eigenvalue weighted by molar-refractivity contribution is 0.464. The van der Waals surface area contributed by atoms with Crippen molar-refractivity contribution in [1.29, 1.82) is 0 Å². The van der Waals surface area contributed by atoms with E-state index in [0.29, 0.717) is 16.6 Å². The molecule has 2 nitrogen and oxygen atoms in total. The van der Waals surface area contributed by atoms with Gasteiger partial charge in [-0.1, -0.05) is 0 Å². The van der Waals surface area contributed by atoms with Gasteiger partial charge in [0.2, 0.25) is 0 Å². The van der Waals surface area contributed by atoms with E-state index >= 15 is 0 Å². The molecular weight excluding hydrogens is 225 g/mol. The van der Waals surface area contributed by atoms with Crippen LogP contribution in [-0.4, -0.2) is 12.2 Å². The van der Waals surface area contributed by atoms with Crippen molar-refractivity contribution >= 4 is 15.9 Å². The van der Waals surface area contributed by atoms with Gasteiger partial charge in [0, 0.05) is 18.2 Å². The summed E-state index contributed by atoms with van der Waals surface area (Å²) < 4.78 is 13.5. The Morgan fingerprint density at radius 1 is 1.58 bits per heavy atom. The Hall–Kier alpha value is -0.610. The van der Waals surface area contributed by atoms with E-state index in [0.717, 1.165) is 6.07 Å². The van der Waals surface area contributed by atoms with Crippen LogP contribution in [0.25, 0.3) is 0 Å². The molecule has 4 heteroatoms. The van der Waals surface area contributed by atoms with Crippen LogP contribution in [0.3, 0.4) is 0 Å². The first kappa shape index (κ1) is 9.48. The van der Waals surface area contributed by atoms with Crippen molar-refractivity contribution in [1.82, 2.24) is 5.32 Å². The lowest BCUT2D eigenvalue weighted by Crippen LogP contribution is -2.06. The molecule has 0 fully saturated rings. The summed E-state index contributed by atoms with van der Waals surface area (Å²) in [6.07, 6.45) is 0. The number of hydrogen-bond donors (Lipinski definition) is 2. The summed E-state index contributed by atoms with van der Waals surface area (Å²) >= 11 is 3.11. The number of rotatable bonds is 2. The first-order valence-corrected chi connectivity index (χ1v) is 4.26. The lowest BCUT2D eigenvalue weighted by atomic mass is 10.2. The van der Waals surface area contributed by atoms with Crippen LogP contribution < -0.4 is 5.32 Å². The molecule has 66 valence electrons. The molecule has 1 rings (SSSR count). The fraction of sp³-hybridized carbons (Fsp3) is 0.250. The summed E-state index contributed by atoms with van der Waals surface area (Å²) in [5.41, 5.74) is 0.530. The number of hydrogen-bond acceptors (Lipinski definition) is 2. The minimum atomic E-state index is -0.398. The van der Waals surface area contributed by atoms with Crippen LogP contribution in [0.2, 0.25) is 0 Å². The second kappa shape index (κ2) is 3.87. The maximum Gasteiger partial charge on any atom is 0.132 e. The molecule has 0 heterocycles. The van der Waals surface area contributed by atoms with E-state index in [1.807, 2.05) is 0 Å². The quantitative estimate of drug-likeness (QED) is 0.820. The average molecular weight is 234 g/mol. The van der Waals surface area contributed by atoms with Crippen LogP contribution in [0.15, 0.2) is 16.6 Å². The number of halogens is 2. The molecule has 0 aromatic heterocycles. The van der Waals surface area contributed by atoms with Gasteiger partial charge in [-0.3, -0.25) is 0 Å². The fourth-order valence-corrected chi connectivity index (χ4v) is 1.29. The number of phenols is 1. The second-order valence-electron chi connectivity index (χ2n) is 2.43. The Balaban J connectivity index is 3.05. The van der Waals surface area contributed by atoms with Crippen LogP contribution in [0.4, 0.5) is 4.39 Å². The molecule has 1 aromatic carbocycles. The highest BCUT2D eigenvalue weighted by Crippen LogP contribution is 2.26. The maximum atomic E-state index is 13.0. The molecule has 0 unspecified atom stereocenters. The third kappa shape index (κ3) is 1.95. The Morgan fingerprint density at radius 3 is 2.83 bits per heavy atom. The van der Waals surface area contributed by atoms with Crippen molar-refractivity contribution in [3.05, 3.63) is 28.0 Å². The fourth-order valence-electron chi connectivity index (χ4n) is 0.903. The van der Waals surface area contributed by atoms with Gasteiger partial charge in [-0.05, 0) is 29.0 Å². The number of aromatic hydroxyl groups is 1. The topological polar surface area (TPSA) is 32.3 Å². The standard InChI is InChI=1S/C8H9BrFNO/c1-11-4-5-2-6(9)8(12)3-7(5)10/h2-3,11-12H,4H2,1H3. The zero-order chi connectivity index (χ0) is 9.14. The van der Waals surface area contributed by atoms with Gasteiger partial charge in [-0.15, -0.1) is 0 Å². The van der Waals surface area contributed by atoms with Gasteiger partial charge in [-0.25, -0.2) is 4.39 Å². The van der Waals surface area contributed by atoms with Crippen molar-refractivity contribution < 1.29 is 9.50 Å². The van der Waals surface area contributed by atoms with E-state index in [1.54, 1.807) is 13.1 Å². The van der Waals surface area contributed by atoms with Gasteiger partial charge < -0.3 is 10.4 Å². The van der Waals surface area contributed by atoms with E-state index in [4.69, 9.17) is 5.11 Å². The molecule has 0 aliphatic carbocycles. The molecule has 0 radical (unpaired) electrons. The Kier molecular flexibility index (Phi) is 3.05. The molecule has 12 heavy (non-hydrogen) atoms. The first-order chi connectivity index (χ1) is 5.65. The molecular formula is C8H9BrFNO. The van der Waals surface area contributed by atoms with Gasteiger partial charge in [0.05, 0.1) is 4.47 Å². The highest BCUT2D eigenvalue weighted by molar-refractivity contribution is 9.10. The summed E-state index contributed by atoms with van der Waals surface area (Å²) in [5.74, 6) is -0.475. The average Bonchev–Trinajstić information content (AvgIpc) is 2.01. The Bertz CT molecular complexity index is 291. The van der Waals surface area contributed by atoms with Crippen LogP contribution in [0.5, 0.6) is 5.75 Å². The second-order valence-corrected chi connectivity index (χ2v) is 3.28.